The number of benzene rings is 2. The Morgan fingerprint density at radius 2 is 1.71 bits per heavy atom. The fourth-order valence-corrected chi connectivity index (χ4v) is 5.36. The first-order chi connectivity index (χ1) is 16.4. The van der Waals surface area contributed by atoms with Gasteiger partial charge in [-0.1, -0.05) is 0 Å². The number of carbonyl (C=O) groups excluding carboxylic acids is 1. The van der Waals surface area contributed by atoms with Gasteiger partial charge in [-0.25, -0.2) is 14.8 Å². The summed E-state index contributed by atoms with van der Waals surface area (Å²) < 4.78 is 10.6. The van der Waals surface area contributed by atoms with E-state index < -0.39 is 12.1 Å². The van der Waals surface area contributed by atoms with Crippen molar-refractivity contribution in [2.45, 2.75) is 24.8 Å². The van der Waals surface area contributed by atoms with E-state index in [-0.39, 0.29) is 5.92 Å². The predicted octanol–water partition coefficient (Wildman–Crippen LogP) is 5.01. The summed E-state index contributed by atoms with van der Waals surface area (Å²) in [7, 11) is 4.54. The normalized spacial score (nSPS) is 17.7. The molecule has 0 saturated carbocycles. The Hall–Kier alpha value is -3.61. The Balaban J connectivity index is 1.70. The van der Waals surface area contributed by atoms with Crippen LogP contribution in [0.1, 0.15) is 23.8 Å². The van der Waals surface area contributed by atoms with Crippen LogP contribution in [0.3, 0.4) is 0 Å². The van der Waals surface area contributed by atoms with Crippen LogP contribution in [0.25, 0.3) is 21.7 Å². The van der Waals surface area contributed by atoms with Crippen molar-refractivity contribution in [2.75, 3.05) is 27.8 Å². The van der Waals surface area contributed by atoms with Crippen molar-refractivity contribution in [1.29, 1.82) is 5.26 Å². The van der Waals surface area contributed by atoms with Crippen molar-refractivity contribution in [3.8, 4) is 39.3 Å². The molecule has 3 aromatic rings. The maximum Gasteiger partial charge on any atom is 0.344 e. The smallest absolute Gasteiger partial charge is 0.344 e. The highest BCUT2D eigenvalue weighted by molar-refractivity contribution is 7.15. The van der Waals surface area contributed by atoms with Crippen LogP contribution in [-0.4, -0.2) is 60.0 Å². The highest BCUT2D eigenvalue weighted by Gasteiger charge is 2.35. The van der Waals surface area contributed by atoms with Crippen LogP contribution in [0.2, 0.25) is 0 Å². The average Bonchev–Trinajstić information content (AvgIpc) is 3.33. The lowest BCUT2D eigenvalue weighted by Crippen LogP contribution is -2.49. The molecule has 2 atom stereocenters. The molecule has 1 N–H and O–H groups in total. The first-order valence-electron chi connectivity index (χ1n) is 10.9. The van der Waals surface area contributed by atoms with Gasteiger partial charge in [-0.05, 0) is 66.9 Å². The lowest BCUT2D eigenvalue weighted by molar-refractivity contribution is -0.0388. The number of ether oxygens (including phenoxy) is 2. The number of rotatable bonds is 5. The number of carbonyl (C=O) groups is 1. The molecule has 1 aliphatic heterocycles. The van der Waals surface area contributed by atoms with E-state index in [1.165, 1.54) is 11.9 Å². The summed E-state index contributed by atoms with van der Waals surface area (Å²) in [6, 6.07) is 16.7. The molecule has 8 nitrogen and oxygen atoms in total. The Morgan fingerprint density at radius 3 is 2.24 bits per heavy atom. The van der Waals surface area contributed by atoms with Crippen molar-refractivity contribution in [1.82, 2.24) is 14.9 Å². The van der Waals surface area contributed by atoms with E-state index in [1.807, 2.05) is 48.5 Å². The Labute approximate surface area is 202 Å². The number of methoxy groups -OCH3 is 2. The van der Waals surface area contributed by atoms with E-state index in [0.29, 0.717) is 24.4 Å². The van der Waals surface area contributed by atoms with Crippen molar-refractivity contribution < 1.29 is 19.5 Å². The quantitative estimate of drug-likeness (QED) is 0.409. The molecule has 9 heteroatoms. The van der Waals surface area contributed by atoms with Crippen molar-refractivity contribution in [3.63, 3.8) is 0 Å². The van der Waals surface area contributed by atoms with Crippen LogP contribution in [0.4, 0.5) is 4.79 Å². The minimum absolute atomic E-state index is 0.0340. The van der Waals surface area contributed by atoms with Crippen LogP contribution in [0.15, 0.2) is 48.5 Å². The van der Waals surface area contributed by atoms with E-state index in [2.05, 4.69) is 6.07 Å². The standard InChI is InChI=1S/C25H26N4O4S/c1-28(31)25(30)29-13-12-18(14-19(29)15-26)24-27-22(16-4-8-20(32-2)9-5-16)23(34-24)17-6-10-21(33-3)11-7-17/h4-11,18-19,31H,12-14H2,1-3H3. The van der Waals surface area contributed by atoms with Gasteiger partial charge in [0, 0.05) is 25.1 Å². The van der Waals surface area contributed by atoms with Gasteiger partial charge < -0.3 is 14.4 Å². The number of likely N-dealkylation sites (tertiary alicyclic amines) is 1. The zero-order chi connectivity index (χ0) is 24.2. The van der Waals surface area contributed by atoms with Gasteiger partial charge in [-0.2, -0.15) is 5.26 Å². The number of amides is 2. The number of hydrogen-bond acceptors (Lipinski definition) is 7. The van der Waals surface area contributed by atoms with Crippen LogP contribution >= 0.6 is 11.3 Å². The molecule has 176 valence electrons. The first-order valence-corrected chi connectivity index (χ1v) is 11.7. The maximum absolute atomic E-state index is 12.3. The van der Waals surface area contributed by atoms with Gasteiger partial charge in [0.15, 0.2) is 0 Å². The third kappa shape index (κ3) is 4.69. The fraction of sp³-hybridized carbons (Fsp3) is 0.320. The molecule has 1 fully saturated rings. The van der Waals surface area contributed by atoms with Gasteiger partial charge >= 0.3 is 6.03 Å². The lowest BCUT2D eigenvalue weighted by atomic mass is 9.92. The topological polar surface area (TPSA) is 98.9 Å². The van der Waals surface area contributed by atoms with Gasteiger partial charge in [0.1, 0.15) is 17.5 Å². The summed E-state index contributed by atoms with van der Waals surface area (Å²) in [5.41, 5.74) is 2.87. The van der Waals surface area contributed by atoms with Crippen LogP contribution in [-0.2, 0) is 0 Å². The number of piperidine rings is 1. The first kappa shape index (κ1) is 23.5. The minimum Gasteiger partial charge on any atom is -0.497 e. The van der Waals surface area contributed by atoms with E-state index in [0.717, 1.165) is 38.2 Å². The molecular weight excluding hydrogens is 452 g/mol. The molecule has 1 aliphatic rings. The monoisotopic (exact) mass is 478 g/mol. The van der Waals surface area contributed by atoms with Crippen LogP contribution < -0.4 is 9.47 Å². The number of thiazole rings is 1. The van der Waals surface area contributed by atoms with Gasteiger partial charge in [-0.15, -0.1) is 11.3 Å². The SMILES string of the molecule is COc1ccc(-c2nc(C3CCN(C(=O)N(C)O)C(C#N)C3)sc2-c2ccc(OC)cc2)cc1. The molecule has 0 bridgehead atoms. The number of urea groups is 1. The second-order valence-corrected chi connectivity index (χ2v) is 9.08. The van der Waals surface area contributed by atoms with E-state index in [4.69, 9.17) is 14.5 Å². The van der Waals surface area contributed by atoms with Crippen LogP contribution in [0, 0.1) is 11.3 Å². The molecule has 0 spiro atoms. The number of aromatic nitrogens is 1. The van der Waals surface area contributed by atoms with Gasteiger partial charge in [-0.3, -0.25) is 5.21 Å². The van der Waals surface area contributed by atoms with E-state index >= 15 is 0 Å². The highest BCUT2D eigenvalue weighted by Crippen LogP contribution is 2.43. The fourth-order valence-electron chi connectivity index (χ4n) is 4.12. The van der Waals surface area contributed by atoms with Crippen molar-refractivity contribution in [2.24, 2.45) is 0 Å². The molecule has 2 amide bonds. The molecule has 2 unspecified atom stereocenters. The number of nitriles is 1. The lowest BCUT2D eigenvalue weighted by Gasteiger charge is -2.35. The second-order valence-electron chi connectivity index (χ2n) is 8.05. The summed E-state index contributed by atoms with van der Waals surface area (Å²) >= 11 is 1.61. The molecule has 2 aromatic carbocycles. The number of nitrogens with zero attached hydrogens (tertiary/aromatic N) is 4. The molecule has 2 heterocycles. The summed E-state index contributed by atoms with van der Waals surface area (Å²) in [5.74, 6) is 1.59. The molecule has 0 radical (unpaired) electrons. The third-order valence-corrected chi connectivity index (χ3v) is 7.25. The molecule has 1 saturated heterocycles. The maximum atomic E-state index is 12.3. The molecule has 34 heavy (non-hydrogen) atoms. The largest absolute Gasteiger partial charge is 0.497 e. The van der Waals surface area contributed by atoms with Gasteiger partial charge in [0.05, 0.1) is 35.9 Å². The minimum atomic E-state index is -0.626. The summed E-state index contributed by atoms with van der Waals surface area (Å²) in [6.07, 6.45) is 1.13. The Bertz CT molecular complexity index is 1120. The third-order valence-electron chi connectivity index (χ3n) is 5.98. The summed E-state index contributed by atoms with van der Waals surface area (Å²) in [6.45, 7) is 0.377. The zero-order valence-corrected chi connectivity index (χ0v) is 20.1. The molecule has 1 aromatic heterocycles. The van der Waals surface area contributed by atoms with E-state index in [9.17, 15) is 15.3 Å². The molecule has 0 aliphatic carbocycles. The summed E-state index contributed by atoms with van der Waals surface area (Å²) in [5, 5.41) is 20.7. The second kappa shape index (κ2) is 10.1. The van der Waals surface area contributed by atoms with Gasteiger partial charge in [0.2, 0.25) is 0 Å². The molecular formula is C25H26N4O4S. The molecule has 4 rings (SSSR count). The Morgan fingerprint density at radius 1 is 1.12 bits per heavy atom. The zero-order valence-electron chi connectivity index (χ0n) is 19.3. The van der Waals surface area contributed by atoms with Gasteiger partial charge in [0.25, 0.3) is 0 Å². The summed E-state index contributed by atoms with van der Waals surface area (Å²) in [4.78, 5) is 19.7. The van der Waals surface area contributed by atoms with Crippen LogP contribution in [0.5, 0.6) is 11.5 Å². The Kier molecular flexibility index (Phi) is 7.01. The predicted molar refractivity (Wildman–Crippen MR) is 129 cm³/mol. The highest BCUT2D eigenvalue weighted by atomic mass is 32.1. The van der Waals surface area contributed by atoms with E-state index in [1.54, 1.807) is 25.6 Å². The number of hydrogen-bond donors (Lipinski definition) is 1. The average molecular weight is 479 g/mol. The van der Waals surface area contributed by atoms with Crippen molar-refractivity contribution in [3.05, 3.63) is 53.5 Å². The van der Waals surface area contributed by atoms with Crippen molar-refractivity contribution >= 4 is 17.4 Å². The number of hydroxylamine groups is 2.